The average molecular weight is 280 g/mol. The number of hydrogen-bond donors (Lipinski definition) is 0. The van der Waals surface area contributed by atoms with Crippen molar-refractivity contribution in [1.29, 1.82) is 0 Å². The van der Waals surface area contributed by atoms with Gasteiger partial charge in [0.25, 0.3) is 0 Å². The van der Waals surface area contributed by atoms with E-state index >= 15 is 0 Å². The molecule has 0 unspecified atom stereocenters. The lowest BCUT2D eigenvalue weighted by Crippen LogP contribution is -1.97. The largest absolute Gasteiger partial charge is 0.492 e. The zero-order valence-corrected chi connectivity index (χ0v) is 9.79. The first-order valence-electron chi connectivity index (χ1n) is 4.49. The fourth-order valence-corrected chi connectivity index (χ4v) is 2.38. The second-order valence-corrected chi connectivity index (χ2v) is 4.50. The molecule has 0 spiro atoms. The van der Waals surface area contributed by atoms with Gasteiger partial charge < -0.3 is 4.74 Å². The molecule has 4 heteroatoms. The molecule has 1 aromatic carbocycles. The number of rotatable bonds is 0. The maximum absolute atomic E-state index is 13.3. The minimum absolute atomic E-state index is 0.199. The smallest absolute Gasteiger partial charge is 0.143 e. The standard InChI is InChI=1S/C10H9BrClFO/c11-7-5-8(13)9(12)6-3-1-2-4-14-10(6)7/h5H,1-4H2. The molecule has 0 aliphatic carbocycles. The fraction of sp³-hybridized carbons (Fsp3) is 0.400. The van der Waals surface area contributed by atoms with Gasteiger partial charge in [0.05, 0.1) is 16.1 Å². The number of ether oxygens (including phenoxy) is 1. The van der Waals surface area contributed by atoms with Gasteiger partial charge in [-0.25, -0.2) is 4.39 Å². The molecule has 0 N–H and O–H groups in total. The Bertz CT molecular complexity index is 368. The highest BCUT2D eigenvalue weighted by Gasteiger charge is 2.18. The van der Waals surface area contributed by atoms with Crippen LogP contribution in [-0.4, -0.2) is 6.61 Å². The van der Waals surface area contributed by atoms with Crippen LogP contribution in [0.4, 0.5) is 4.39 Å². The molecule has 76 valence electrons. The second kappa shape index (κ2) is 4.07. The lowest BCUT2D eigenvalue weighted by molar-refractivity contribution is 0.314. The number of hydrogen-bond acceptors (Lipinski definition) is 1. The summed E-state index contributed by atoms with van der Waals surface area (Å²) < 4.78 is 19.4. The fourth-order valence-electron chi connectivity index (χ4n) is 1.59. The first-order chi connectivity index (χ1) is 6.70. The Morgan fingerprint density at radius 1 is 1.43 bits per heavy atom. The molecule has 0 atom stereocenters. The molecule has 0 bridgehead atoms. The molecule has 2 rings (SSSR count). The highest BCUT2D eigenvalue weighted by atomic mass is 79.9. The van der Waals surface area contributed by atoms with Gasteiger partial charge in [0.15, 0.2) is 0 Å². The lowest BCUT2D eigenvalue weighted by atomic mass is 10.1. The van der Waals surface area contributed by atoms with Crippen LogP contribution < -0.4 is 4.74 Å². The van der Waals surface area contributed by atoms with Gasteiger partial charge in [0.2, 0.25) is 0 Å². The van der Waals surface area contributed by atoms with Gasteiger partial charge in [-0.05, 0) is 41.3 Å². The minimum atomic E-state index is -0.386. The van der Waals surface area contributed by atoms with E-state index in [0.717, 1.165) is 24.8 Å². The summed E-state index contributed by atoms with van der Waals surface area (Å²) in [4.78, 5) is 0. The van der Waals surface area contributed by atoms with E-state index < -0.39 is 0 Å². The molecule has 1 aromatic rings. The van der Waals surface area contributed by atoms with Gasteiger partial charge in [0.1, 0.15) is 11.6 Å². The molecule has 0 aromatic heterocycles. The zero-order chi connectivity index (χ0) is 10.1. The number of fused-ring (bicyclic) bond motifs is 1. The van der Waals surface area contributed by atoms with Crippen molar-refractivity contribution in [3.63, 3.8) is 0 Å². The van der Waals surface area contributed by atoms with Gasteiger partial charge >= 0.3 is 0 Å². The molecule has 0 fully saturated rings. The summed E-state index contributed by atoms with van der Waals surface area (Å²) in [6.45, 7) is 0.674. The quantitative estimate of drug-likeness (QED) is 0.653. The van der Waals surface area contributed by atoms with Crippen LogP contribution in [0.3, 0.4) is 0 Å². The first kappa shape index (κ1) is 10.2. The van der Waals surface area contributed by atoms with E-state index in [1.807, 2.05) is 0 Å². The summed E-state index contributed by atoms with van der Waals surface area (Å²) >= 11 is 9.16. The summed E-state index contributed by atoms with van der Waals surface area (Å²) in [6, 6.07) is 1.35. The van der Waals surface area contributed by atoms with E-state index in [-0.39, 0.29) is 10.8 Å². The summed E-state index contributed by atoms with van der Waals surface area (Å²) in [5.41, 5.74) is 0.788. The van der Waals surface area contributed by atoms with E-state index in [9.17, 15) is 4.39 Å². The van der Waals surface area contributed by atoms with Crippen LogP contribution in [-0.2, 0) is 6.42 Å². The molecular weight excluding hydrogens is 270 g/mol. The molecular formula is C10H9BrClFO. The Morgan fingerprint density at radius 3 is 3.00 bits per heavy atom. The Balaban J connectivity index is 2.57. The van der Waals surface area contributed by atoms with Crippen LogP contribution in [0.15, 0.2) is 10.5 Å². The molecule has 0 saturated heterocycles. The Morgan fingerprint density at radius 2 is 2.21 bits per heavy atom. The topological polar surface area (TPSA) is 9.23 Å². The van der Waals surface area contributed by atoms with Gasteiger partial charge in [0, 0.05) is 5.56 Å². The number of benzene rings is 1. The maximum atomic E-state index is 13.3. The Hall–Kier alpha value is -0.280. The number of halogens is 3. The van der Waals surface area contributed by atoms with Crippen LogP contribution >= 0.6 is 27.5 Å². The van der Waals surface area contributed by atoms with E-state index in [2.05, 4.69) is 15.9 Å². The summed E-state index contributed by atoms with van der Waals surface area (Å²) in [6.07, 6.45) is 2.76. The highest BCUT2D eigenvalue weighted by Crippen LogP contribution is 2.38. The van der Waals surface area contributed by atoms with Crippen molar-refractivity contribution in [2.45, 2.75) is 19.3 Å². The van der Waals surface area contributed by atoms with Crippen LogP contribution in [0.1, 0.15) is 18.4 Å². The predicted molar refractivity (Wildman–Crippen MR) is 57.5 cm³/mol. The SMILES string of the molecule is Fc1cc(Br)c2c(c1Cl)CCCCO2. The van der Waals surface area contributed by atoms with Crippen LogP contribution in [0, 0.1) is 5.82 Å². The van der Waals surface area contributed by atoms with Crippen molar-refractivity contribution in [2.75, 3.05) is 6.61 Å². The van der Waals surface area contributed by atoms with E-state index in [4.69, 9.17) is 16.3 Å². The average Bonchev–Trinajstić information content (AvgIpc) is 2.39. The summed E-state index contributed by atoms with van der Waals surface area (Å²) in [7, 11) is 0. The highest BCUT2D eigenvalue weighted by molar-refractivity contribution is 9.10. The van der Waals surface area contributed by atoms with E-state index in [1.165, 1.54) is 6.07 Å². The van der Waals surface area contributed by atoms with E-state index in [1.54, 1.807) is 0 Å². The van der Waals surface area contributed by atoms with Crippen LogP contribution in [0.2, 0.25) is 5.02 Å². The Labute approximate surface area is 95.3 Å². The van der Waals surface area contributed by atoms with Gasteiger partial charge in [-0.15, -0.1) is 0 Å². The predicted octanol–water partition coefficient (Wildman–Crippen LogP) is 3.96. The third kappa shape index (κ3) is 1.75. The van der Waals surface area contributed by atoms with Gasteiger partial charge in [-0.3, -0.25) is 0 Å². The monoisotopic (exact) mass is 278 g/mol. The van der Waals surface area contributed by atoms with Crippen LogP contribution in [0.25, 0.3) is 0 Å². The van der Waals surface area contributed by atoms with Crippen molar-refractivity contribution >= 4 is 27.5 Å². The van der Waals surface area contributed by atoms with Crippen LogP contribution in [0.5, 0.6) is 5.75 Å². The minimum Gasteiger partial charge on any atom is -0.492 e. The molecule has 1 aliphatic rings. The third-order valence-corrected chi connectivity index (χ3v) is 3.28. The van der Waals surface area contributed by atoms with Crippen molar-refractivity contribution in [2.24, 2.45) is 0 Å². The molecule has 1 aliphatic heterocycles. The first-order valence-corrected chi connectivity index (χ1v) is 5.66. The molecule has 0 radical (unpaired) electrons. The van der Waals surface area contributed by atoms with Crippen molar-refractivity contribution in [3.8, 4) is 5.75 Å². The van der Waals surface area contributed by atoms with Gasteiger partial charge in [-0.2, -0.15) is 0 Å². The molecule has 0 amide bonds. The second-order valence-electron chi connectivity index (χ2n) is 3.27. The van der Waals surface area contributed by atoms with Gasteiger partial charge in [-0.1, -0.05) is 11.6 Å². The molecule has 1 heterocycles. The zero-order valence-electron chi connectivity index (χ0n) is 7.45. The maximum Gasteiger partial charge on any atom is 0.143 e. The van der Waals surface area contributed by atoms with E-state index in [0.29, 0.717) is 16.8 Å². The molecule has 1 nitrogen and oxygen atoms in total. The normalized spacial score (nSPS) is 15.6. The summed E-state index contributed by atoms with van der Waals surface area (Å²) in [5.74, 6) is 0.316. The Kier molecular flexibility index (Phi) is 2.98. The summed E-state index contributed by atoms with van der Waals surface area (Å²) in [5, 5.41) is 0.199. The molecule has 14 heavy (non-hydrogen) atoms. The van der Waals surface area contributed by atoms with Crippen molar-refractivity contribution in [1.82, 2.24) is 0 Å². The third-order valence-electron chi connectivity index (χ3n) is 2.29. The van der Waals surface area contributed by atoms with Crippen molar-refractivity contribution in [3.05, 3.63) is 26.9 Å². The lowest BCUT2D eigenvalue weighted by Gasteiger charge is -2.11. The molecule has 0 saturated carbocycles. The van der Waals surface area contributed by atoms with Crippen molar-refractivity contribution < 1.29 is 9.13 Å².